The fourth-order valence-corrected chi connectivity index (χ4v) is 3.33. The summed E-state index contributed by atoms with van der Waals surface area (Å²) in [7, 11) is 1.79. The Kier molecular flexibility index (Phi) is 5.89. The number of rotatable bonds is 6. The lowest BCUT2D eigenvalue weighted by Gasteiger charge is -2.36. The third-order valence-corrected chi connectivity index (χ3v) is 4.55. The van der Waals surface area contributed by atoms with Gasteiger partial charge in [0.25, 0.3) is 0 Å². The van der Waals surface area contributed by atoms with E-state index in [1.54, 1.807) is 7.11 Å². The van der Waals surface area contributed by atoms with Crippen LogP contribution in [0.5, 0.6) is 0 Å². The minimum atomic E-state index is 0.754. The normalized spacial score (nSPS) is 28.0. The average molecular weight is 255 g/mol. The molecule has 0 bridgehead atoms. The largest absolute Gasteiger partial charge is 0.385 e. The fourth-order valence-electron chi connectivity index (χ4n) is 3.33. The molecule has 2 aliphatic heterocycles. The molecule has 2 heterocycles. The smallest absolute Gasteiger partial charge is 0.0474 e. The maximum atomic E-state index is 5.77. The van der Waals surface area contributed by atoms with Crippen LogP contribution in [0.25, 0.3) is 0 Å². The Balaban J connectivity index is 1.64. The molecule has 1 unspecified atom stereocenters. The van der Waals surface area contributed by atoms with Crippen LogP contribution in [0.1, 0.15) is 25.7 Å². The van der Waals surface area contributed by atoms with Gasteiger partial charge in [-0.1, -0.05) is 0 Å². The van der Waals surface area contributed by atoms with E-state index in [-0.39, 0.29) is 0 Å². The van der Waals surface area contributed by atoms with Crippen molar-refractivity contribution in [2.45, 2.75) is 31.7 Å². The predicted octanol–water partition coefficient (Wildman–Crippen LogP) is 0.768. The zero-order chi connectivity index (χ0) is 12.8. The van der Waals surface area contributed by atoms with Gasteiger partial charge >= 0.3 is 0 Å². The van der Waals surface area contributed by atoms with E-state index in [1.165, 1.54) is 58.4 Å². The van der Waals surface area contributed by atoms with Gasteiger partial charge in [0.2, 0.25) is 0 Å². The number of ether oxygens (including phenoxy) is 1. The summed E-state index contributed by atoms with van der Waals surface area (Å²) >= 11 is 0. The Labute approximate surface area is 111 Å². The maximum absolute atomic E-state index is 5.77. The van der Waals surface area contributed by atoms with E-state index in [1.807, 2.05) is 0 Å². The number of nitrogens with two attached hydrogens (primary N) is 1. The van der Waals surface area contributed by atoms with Crippen LogP contribution in [-0.2, 0) is 4.74 Å². The van der Waals surface area contributed by atoms with Gasteiger partial charge in [0.15, 0.2) is 0 Å². The summed E-state index contributed by atoms with van der Waals surface area (Å²) in [6.45, 7) is 8.00. The predicted molar refractivity (Wildman–Crippen MR) is 74.7 cm³/mol. The lowest BCUT2D eigenvalue weighted by atomic mass is 10.0. The molecule has 2 saturated heterocycles. The molecular weight excluding hydrogens is 226 g/mol. The van der Waals surface area contributed by atoms with Gasteiger partial charge in [-0.15, -0.1) is 0 Å². The summed E-state index contributed by atoms with van der Waals surface area (Å²) in [4.78, 5) is 5.27. The first-order chi connectivity index (χ1) is 8.83. The molecule has 0 amide bonds. The average Bonchev–Trinajstić information content (AvgIpc) is 2.89. The van der Waals surface area contributed by atoms with Gasteiger partial charge in [-0.2, -0.15) is 0 Å². The number of hydrogen-bond acceptors (Lipinski definition) is 4. The molecule has 2 aliphatic rings. The number of hydrogen-bond donors (Lipinski definition) is 1. The second kappa shape index (κ2) is 7.43. The highest BCUT2D eigenvalue weighted by atomic mass is 16.5. The van der Waals surface area contributed by atoms with E-state index in [0.29, 0.717) is 0 Å². The van der Waals surface area contributed by atoms with Crippen LogP contribution in [0.3, 0.4) is 0 Å². The van der Waals surface area contributed by atoms with Gasteiger partial charge < -0.3 is 15.4 Å². The first-order valence-electron chi connectivity index (χ1n) is 7.49. The Hall–Kier alpha value is -0.160. The first kappa shape index (κ1) is 14.3. The van der Waals surface area contributed by atoms with Crippen LogP contribution in [0.2, 0.25) is 0 Å². The lowest BCUT2D eigenvalue weighted by Crippen LogP contribution is -2.44. The minimum Gasteiger partial charge on any atom is -0.385 e. The third-order valence-electron chi connectivity index (χ3n) is 4.55. The monoisotopic (exact) mass is 255 g/mol. The van der Waals surface area contributed by atoms with Gasteiger partial charge in [0.05, 0.1) is 0 Å². The van der Waals surface area contributed by atoms with Crippen molar-refractivity contribution in [2.75, 3.05) is 53.0 Å². The van der Waals surface area contributed by atoms with Gasteiger partial charge in [0, 0.05) is 32.8 Å². The quantitative estimate of drug-likeness (QED) is 0.712. The number of methoxy groups -OCH3 is 1. The van der Waals surface area contributed by atoms with E-state index in [4.69, 9.17) is 10.5 Å². The summed E-state index contributed by atoms with van der Waals surface area (Å²) in [6.07, 6.45) is 5.15. The molecule has 0 aromatic rings. The Bertz CT molecular complexity index is 229. The topological polar surface area (TPSA) is 41.7 Å². The molecule has 4 nitrogen and oxygen atoms in total. The highest BCUT2D eigenvalue weighted by Gasteiger charge is 2.29. The lowest BCUT2D eigenvalue weighted by molar-refractivity contribution is 0.112. The van der Waals surface area contributed by atoms with Crippen molar-refractivity contribution < 1.29 is 4.74 Å². The molecule has 2 rings (SSSR count). The Morgan fingerprint density at radius 2 is 1.94 bits per heavy atom. The molecule has 0 radical (unpaired) electrons. The fraction of sp³-hybridized carbons (Fsp3) is 1.00. The standard InChI is InChI=1S/C14H29N3O/c1-18-10-2-6-16-7-4-14(5-8-16)17-9-3-13(11-15)12-17/h13-14H,2-12,15H2,1H3. The SMILES string of the molecule is COCCCN1CCC(N2CCC(CN)C2)CC1. The first-order valence-corrected chi connectivity index (χ1v) is 7.49. The zero-order valence-electron chi connectivity index (χ0n) is 11.8. The van der Waals surface area contributed by atoms with Crippen LogP contribution in [0.15, 0.2) is 0 Å². The molecule has 0 aliphatic carbocycles. The van der Waals surface area contributed by atoms with Gasteiger partial charge in [-0.3, -0.25) is 4.90 Å². The molecule has 0 aromatic heterocycles. The summed E-state index contributed by atoms with van der Waals surface area (Å²) in [5.41, 5.74) is 5.77. The summed E-state index contributed by atoms with van der Waals surface area (Å²) in [5, 5.41) is 0. The minimum absolute atomic E-state index is 0.754. The Morgan fingerprint density at radius 1 is 1.17 bits per heavy atom. The van der Waals surface area contributed by atoms with Crippen molar-refractivity contribution in [1.82, 2.24) is 9.80 Å². The molecular formula is C14H29N3O. The van der Waals surface area contributed by atoms with Crippen molar-refractivity contribution >= 4 is 0 Å². The molecule has 0 saturated carbocycles. The number of nitrogens with zero attached hydrogens (tertiary/aromatic N) is 2. The molecule has 106 valence electrons. The third kappa shape index (κ3) is 3.92. The van der Waals surface area contributed by atoms with Crippen LogP contribution in [-0.4, -0.2) is 68.8 Å². The second-order valence-electron chi connectivity index (χ2n) is 5.80. The van der Waals surface area contributed by atoms with Gasteiger partial charge in [0.1, 0.15) is 0 Å². The molecule has 4 heteroatoms. The van der Waals surface area contributed by atoms with Crippen molar-refractivity contribution in [3.63, 3.8) is 0 Å². The zero-order valence-corrected chi connectivity index (χ0v) is 11.8. The molecule has 18 heavy (non-hydrogen) atoms. The van der Waals surface area contributed by atoms with Gasteiger partial charge in [-0.05, 0) is 57.8 Å². The highest BCUT2D eigenvalue weighted by molar-refractivity contribution is 4.85. The molecule has 0 spiro atoms. The summed E-state index contributed by atoms with van der Waals surface area (Å²) in [5.74, 6) is 0.754. The van der Waals surface area contributed by atoms with Crippen LogP contribution in [0, 0.1) is 5.92 Å². The van der Waals surface area contributed by atoms with Crippen molar-refractivity contribution in [3.05, 3.63) is 0 Å². The number of piperidine rings is 1. The highest BCUT2D eigenvalue weighted by Crippen LogP contribution is 2.23. The van der Waals surface area contributed by atoms with E-state index in [9.17, 15) is 0 Å². The molecule has 0 aromatic carbocycles. The number of likely N-dealkylation sites (tertiary alicyclic amines) is 2. The van der Waals surface area contributed by atoms with E-state index >= 15 is 0 Å². The van der Waals surface area contributed by atoms with E-state index in [2.05, 4.69) is 9.80 Å². The summed E-state index contributed by atoms with van der Waals surface area (Å²) < 4.78 is 5.11. The maximum Gasteiger partial charge on any atom is 0.0474 e. The van der Waals surface area contributed by atoms with E-state index < -0.39 is 0 Å². The van der Waals surface area contributed by atoms with Crippen LogP contribution < -0.4 is 5.73 Å². The van der Waals surface area contributed by atoms with Crippen molar-refractivity contribution in [1.29, 1.82) is 0 Å². The molecule has 2 fully saturated rings. The molecule has 2 N–H and O–H groups in total. The summed E-state index contributed by atoms with van der Waals surface area (Å²) in [6, 6.07) is 0.820. The van der Waals surface area contributed by atoms with Crippen LogP contribution in [0.4, 0.5) is 0 Å². The molecule has 1 atom stereocenters. The van der Waals surface area contributed by atoms with E-state index in [0.717, 1.165) is 25.1 Å². The Morgan fingerprint density at radius 3 is 2.56 bits per heavy atom. The second-order valence-corrected chi connectivity index (χ2v) is 5.80. The van der Waals surface area contributed by atoms with Crippen molar-refractivity contribution in [2.24, 2.45) is 11.7 Å². The van der Waals surface area contributed by atoms with Crippen LogP contribution >= 0.6 is 0 Å². The van der Waals surface area contributed by atoms with Gasteiger partial charge in [-0.25, -0.2) is 0 Å². The van der Waals surface area contributed by atoms with Crippen molar-refractivity contribution in [3.8, 4) is 0 Å².